The molecule has 1 aliphatic rings. The minimum atomic E-state index is -0.664. The predicted molar refractivity (Wildman–Crippen MR) is 108 cm³/mol. The summed E-state index contributed by atoms with van der Waals surface area (Å²) in [6.45, 7) is 4.21. The zero-order chi connectivity index (χ0) is 20.5. The van der Waals surface area contributed by atoms with E-state index in [1.165, 1.54) is 4.68 Å². The summed E-state index contributed by atoms with van der Waals surface area (Å²) < 4.78 is 1.49. The molecule has 7 nitrogen and oxygen atoms in total. The van der Waals surface area contributed by atoms with Crippen LogP contribution in [0.4, 0.5) is 0 Å². The number of aromatic hydroxyl groups is 1. The van der Waals surface area contributed by atoms with E-state index in [-0.39, 0.29) is 23.7 Å². The largest absolute Gasteiger partial charge is 0.502 e. The minimum Gasteiger partial charge on any atom is -0.502 e. The van der Waals surface area contributed by atoms with Crippen molar-refractivity contribution in [1.29, 1.82) is 0 Å². The van der Waals surface area contributed by atoms with Crippen molar-refractivity contribution in [3.05, 3.63) is 88.1 Å². The zero-order valence-corrected chi connectivity index (χ0v) is 16.3. The number of aromatic nitrogens is 3. The van der Waals surface area contributed by atoms with Gasteiger partial charge in [0.05, 0.1) is 23.9 Å². The number of rotatable bonds is 4. The molecular formula is C22H22N4O3. The summed E-state index contributed by atoms with van der Waals surface area (Å²) in [6.07, 6.45) is 2.79. The van der Waals surface area contributed by atoms with Gasteiger partial charge in [-0.1, -0.05) is 36.4 Å². The van der Waals surface area contributed by atoms with Crippen LogP contribution in [0.15, 0.2) is 65.7 Å². The van der Waals surface area contributed by atoms with Crippen molar-refractivity contribution in [2.45, 2.75) is 31.8 Å². The van der Waals surface area contributed by atoms with Gasteiger partial charge in [0.1, 0.15) is 0 Å². The van der Waals surface area contributed by atoms with Gasteiger partial charge in [-0.2, -0.15) is 5.10 Å². The third kappa shape index (κ3) is 3.29. The number of hydrogen-bond donors (Lipinski definition) is 1. The molecule has 0 saturated heterocycles. The number of pyridine rings is 1. The Labute approximate surface area is 168 Å². The molecule has 0 radical (unpaired) electrons. The second-order valence-corrected chi connectivity index (χ2v) is 7.41. The lowest BCUT2D eigenvalue weighted by Crippen LogP contribution is -2.49. The number of amides is 1. The molecule has 0 spiro atoms. The van der Waals surface area contributed by atoms with Crippen molar-refractivity contribution in [3.63, 3.8) is 0 Å². The molecule has 148 valence electrons. The zero-order valence-electron chi connectivity index (χ0n) is 16.3. The maximum absolute atomic E-state index is 13.0. The standard InChI is InChI=1S/C22H22N4O3/c1-14(2)25-13-17(26-20(22(25)29)21(28)18(27)12-24-26)19(15-8-4-3-5-9-15)16-10-6-7-11-23-16/h3-12,14,17,19,28H,13H2,1-2H3/t17?,19-/m0/s1. The number of hydrogen-bond acceptors (Lipinski definition) is 5. The van der Waals surface area contributed by atoms with Crippen LogP contribution in [0.2, 0.25) is 0 Å². The summed E-state index contributed by atoms with van der Waals surface area (Å²) in [4.78, 5) is 31.3. The predicted octanol–water partition coefficient (Wildman–Crippen LogP) is 2.58. The van der Waals surface area contributed by atoms with E-state index in [9.17, 15) is 14.7 Å². The highest BCUT2D eigenvalue weighted by atomic mass is 16.3. The Kier molecular flexibility index (Phi) is 4.88. The Morgan fingerprint density at radius 2 is 1.79 bits per heavy atom. The molecule has 1 aliphatic heterocycles. The number of benzene rings is 1. The first-order valence-electron chi connectivity index (χ1n) is 9.56. The van der Waals surface area contributed by atoms with Crippen LogP contribution in [0, 0.1) is 0 Å². The Bertz CT molecular complexity index is 1040. The van der Waals surface area contributed by atoms with Gasteiger partial charge >= 0.3 is 0 Å². The molecule has 7 heteroatoms. The van der Waals surface area contributed by atoms with Gasteiger partial charge in [-0.3, -0.25) is 19.3 Å². The molecule has 1 aromatic carbocycles. The van der Waals surface area contributed by atoms with Gasteiger partial charge in [0.25, 0.3) is 5.91 Å². The van der Waals surface area contributed by atoms with E-state index in [0.717, 1.165) is 17.5 Å². The molecule has 0 fully saturated rings. The summed E-state index contributed by atoms with van der Waals surface area (Å²) in [6, 6.07) is 15.1. The first-order valence-corrected chi connectivity index (χ1v) is 9.56. The van der Waals surface area contributed by atoms with Crippen molar-refractivity contribution >= 4 is 5.91 Å². The maximum atomic E-state index is 13.0. The Balaban J connectivity index is 1.95. The Morgan fingerprint density at radius 3 is 2.45 bits per heavy atom. The summed E-state index contributed by atoms with van der Waals surface area (Å²) in [5.41, 5.74) is 1.11. The van der Waals surface area contributed by atoms with E-state index in [0.29, 0.717) is 6.54 Å². The average molecular weight is 390 g/mol. The molecule has 29 heavy (non-hydrogen) atoms. The highest BCUT2D eigenvalue weighted by Gasteiger charge is 2.40. The minimum absolute atomic E-state index is 0.0701. The van der Waals surface area contributed by atoms with Crippen LogP contribution in [-0.4, -0.2) is 43.3 Å². The van der Waals surface area contributed by atoms with Crippen LogP contribution in [0.25, 0.3) is 0 Å². The molecule has 2 atom stereocenters. The van der Waals surface area contributed by atoms with E-state index in [1.807, 2.05) is 62.4 Å². The van der Waals surface area contributed by atoms with Crippen molar-refractivity contribution in [2.24, 2.45) is 0 Å². The van der Waals surface area contributed by atoms with Crippen LogP contribution >= 0.6 is 0 Å². The lowest BCUT2D eigenvalue weighted by molar-refractivity contribution is 0.0569. The van der Waals surface area contributed by atoms with E-state index in [4.69, 9.17) is 0 Å². The van der Waals surface area contributed by atoms with Crippen LogP contribution in [-0.2, 0) is 0 Å². The van der Waals surface area contributed by atoms with E-state index in [2.05, 4.69) is 10.1 Å². The quantitative estimate of drug-likeness (QED) is 0.740. The van der Waals surface area contributed by atoms with Gasteiger partial charge in [0, 0.05) is 18.8 Å². The van der Waals surface area contributed by atoms with Crippen molar-refractivity contribution in [3.8, 4) is 5.75 Å². The van der Waals surface area contributed by atoms with Crippen LogP contribution < -0.4 is 5.43 Å². The third-order valence-electron chi connectivity index (χ3n) is 5.32. The number of carbonyl (C=O) groups is 1. The average Bonchev–Trinajstić information content (AvgIpc) is 2.73. The fourth-order valence-corrected chi connectivity index (χ4v) is 3.91. The van der Waals surface area contributed by atoms with Crippen molar-refractivity contribution in [1.82, 2.24) is 19.7 Å². The van der Waals surface area contributed by atoms with Crippen LogP contribution in [0.5, 0.6) is 5.75 Å². The Morgan fingerprint density at radius 1 is 1.07 bits per heavy atom. The van der Waals surface area contributed by atoms with Crippen LogP contribution in [0.3, 0.4) is 0 Å². The fourth-order valence-electron chi connectivity index (χ4n) is 3.91. The number of nitrogens with zero attached hydrogens (tertiary/aromatic N) is 4. The second-order valence-electron chi connectivity index (χ2n) is 7.41. The number of carbonyl (C=O) groups excluding carboxylic acids is 1. The summed E-state index contributed by atoms with van der Waals surface area (Å²) in [5, 5.41) is 14.7. The molecule has 1 amide bonds. The molecule has 0 bridgehead atoms. The fraction of sp³-hybridized carbons (Fsp3) is 0.273. The normalized spacial score (nSPS) is 17.3. The number of fused-ring (bicyclic) bond motifs is 1. The summed E-state index contributed by atoms with van der Waals surface area (Å²) in [7, 11) is 0. The van der Waals surface area contributed by atoms with Gasteiger partial charge in [-0.15, -0.1) is 0 Å². The third-order valence-corrected chi connectivity index (χ3v) is 5.32. The molecule has 0 saturated carbocycles. The molecule has 1 N–H and O–H groups in total. The lowest BCUT2D eigenvalue weighted by Gasteiger charge is -2.40. The molecule has 0 aliphatic carbocycles. The van der Waals surface area contributed by atoms with E-state index < -0.39 is 17.1 Å². The molecule has 2 aromatic heterocycles. The van der Waals surface area contributed by atoms with Gasteiger partial charge in [0.2, 0.25) is 5.43 Å². The van der Waals surface area contributed by atoms with Gasteiger partial charge in [0.15, 0.2) is 11.4 Å². The molecular weight excluding hydrogens is 368 g/mol. The Hall–Kier alpha value is -3.48. The molecule has 1 unspecified atom stereocenters. The lowest BCUT2D eigenvalue weighted by atomic mass is 9.86. The summed E-state index contributed by atoms with van der Waals surface area (Å²) >= 11 is 0. The first kappa shape index (κ1) is 18.9. The van der Waals surface area contributed by atoms with Gasteiger partial charge in [-0.05, 0) is 31.5 Å². The first-order chi connectivity index (χ1) is 14.0. The summed E-state index contributed by atoms with van der Waals surface area (Å²) in [5.74, 6) is -1.18. The van der Waals surface area contributed by atoms with Gasteiger partial charge in [-0.25, -0.2) is 0 Å². The molecule has 4 rings (SSSR count). The highest BCUT2D eigenvalue weighted by molar-refractivity contribution is 5.96. The monoisotopic (exact) mass is 390 g/mol. The van der Waals surface area contributed by atoms with Crippen molar-refractivity contribution in [2.75, 3.05) is 6.54 Å². The van der Waals surface area contributed by atoms with E-state index in [1.54, 1.807) is 11.1 Å². The second kappa shape index (κ2) is 7.50. The topological polar surface area (TPSA) is 88.3 Å². The van der Waals surface area contributed by atoms with E-state index >= 15 is 0 Å². The molecule has 3 heterocycles. The SMILES string of the molecule is CC(C)N1CC([C@@H](c2ccccc2)c2ccccn2)n2ncc(=O)c(O)c2C1=O. The van der Waals surface area contributed by atoms with Crippen molar-refractivity contribution < 1.29 is 9.90 Å². The maximum Gasteiger partial charge on any atom is 0.276 e. The van der Waals surface area contributed by atoms with Crippen LogP contribution in [0.1, 0.15) is 47.6 Å². The highest BCUT2D eigenvalue weighted by Crippen LogP contribution is 2.38. The smallest absolute Gasteiger partial charge is 0.276 e. The van der Waals surface area contributed by atoms with Gasteiger partial charge < -0.3 is 10.0 Å². The molecule has 3 aromatic rings.